The van der Waals surface area contributed by atoms with Gasteiger partial charge in [-0.1, -0.05) is 0 Å². The topological polar surface area (TPSA) is 41.6 Å². The molecule has 0 saturated carbocycles. The highest BCUT2D eigenvalue weighted by Gasteiger charge is 2.40. The van der Waals surface area contributed by atoms with Crippen LogP contribution in [0.3, 0.4) is 0 Å². The number of hydrogen-bond donors (Lipinski definition) is 1. The van der Waals surface area contributed by atoms with E-state index in [1.807, 2.05) is 4.90 Å². The minimum Gasteiger partial charge on any atom is -0.368 e. The standard InChI is InChI=1S/C11H18N2O2/c14-11(10-2-1-3-15-10)13-6-8-4-12-5-9(8)7-13/h8-10,12H,1-7H2/t8-,9+,10?. The van der Waals surface area contributed by atoms with Crippen LogP contribution >= 0.6 is 0 Å². The van der Waals surface area contributed by atoms with E-state index in [1.165, 1.54) is 0 Å². The second-order valence-corrected chi connectivity index (χ2v) is 4.92. The van der Waals surface area contributed by atoms with E-state index in [1.54, 1.807) is 0 Å². The first-order valence-electron chi connectivity index (χ1n) is 5.95. The first-order valence-corrected chi connectivity index (χ1v) is 5.95. The molecule has 1 unspecified atom stereocenters. The van der Waals surface area contributed by atoms with Crippen LogP contribution < -0.4 is 5.32 Å². The van der Waals surface area contributed by atoms with E-state index in [0.717, 1.165) is 45.6 Å². The van der Waals surface area contributed by atoms with E-state index in [-0.39, 0.29) is 12.0 Å². The van der Waals surface area contributed by atoms with Gasteiger partial charge in [0, 0.05) is 32.8 Å². The molecule has 0 bridgehead atoms. The molecule has 0 aromatic carbocycles. The predicted molar refractivity (Wildman–Crippen MR) is 55.4 cm³/mol. The average Bonchev–Trinajstić information content (AvgIpc) is 2.92. The van der Waals surface area contributed by atoms with Crippen LogP contribution in [-0.4, -0.2) is 49.7 Å². The molecule has 84 valence electrons. The normalized spacial score (nSPS) is 39.7. The molecule has 3 rings (SSSR count). The molecule has 0 aromatic rings. The second kappa shape index (κ2) is 3.76. The molecule has 3 aliphatic heterocycles. The number of carbonyl (C=O) groups is 1. The molecule has 3 heterocycles. The van der Waals surface area contributed by atoms with Gasteiger partial charge in [-0.15, -0.1) is 0 Å². The number of fused-ring (bicyclic) bond motifs is 1. The third kappa shape index (κ3) is 1.66. The van der Waals surface area contributed by atoms with Crippen molar-refractivity contribution in [2.45, 2.75) is 18.9 Å². The van der Waals surface area contributed by atoms with Gasteiger partial charge in [-0.25, -0.2) is 0 Å². The molecule has 4 heteroatoms. The second-order valence-electron chi connectivity index (χ2n) is 4.92. The van der Waals surface area contributed by atoms with E-state index in [4.69, 9.17) is 4.74 Å². The zero-order chi connectivity index (χ0) is 10.3. The Balaban J connectivity index is 1.61. The van der Waals surface area contributed by atoms with Gasteiger partial charge in [-0.05, 0) is 24.7 Å². The molecule has 3 aliphatic rings. The van der Waals surface area contributed by atoms with E-state index < -0.39 is 0 Å². The van der Waals surface area contributed by atoms with Crippen molar-refractivity contribution in [3.63, 3.8) is 0 Å². The Labute approximate surface area is 90.0 Å². The molecule has 4 nitrogen and oxygen atoms in total. The van der Waals surface area contributed by atoms with E-state index >= 15 is 0 Å². The number of nitrogens with one attached hydrogen (secondary N) is 1. The minimum atomic E-state index is -0.128. The van der Waals surface area contributed by atoms with Gasteiger partial charge in [-0.3, -0.25) is 4.79 Å². The molecule has 1 amide bonds. The summed E-state index contributed by atoms with van der Waals surface area (Å²) in [6, 6.07) is 0. The van der Waals surface area contributed by atoms with Crippen molar-refractivity contribution in [2.75, 3.05) is 32.8 Å². The number of carbonyl (C=O) groups excluding carboxylic acids is 1. The fourth-order valence-corrected chi connectivity index (χ4v) is 3.01. The van der Waals surface area contributed by atoms with Crippen LogP contribution in [-0.2, 0) is 9.53 Å². The molecule has 0 spiro atoms. The quantitative estimate of drug-likeness (QED) is 0.654. The molecule has 15 heavy (non-hydrogen) atoms. The summed E-state index contributed by atoms with van der Waals surface area (Å²) in [5, 5.41) is 3.38. The van der Waals surface area contributed by atoms with Gasteiger partial charge in [0.1, 0.15) is 6.10 Å². The molecule has 3 atom stereocenters. The van der Waals surface area contributed by atoms with Gasteiger partial charge >= 0.3 is 0 Å². The van der Waals surface area contributed by atoms with E-state index in [9.17, 15) is 4.79 Å². The lowest BCUT2D eigenvalue weighted by Gasteiger charge is -2.20. The largest absolute Gasteiger partial charge is 0.368 e. The number of rotatable bonds is 1. The monoisotopic (exact) mass is 210 g/mol. The van der Waals surface area contributed by atoms with Crippen LogP contribution in [0.15, 0.2) is 0 Å². The summed E-state index contributed by atoms with van der Waals surface area (Å²) < 4.78 is 5.44. The number of hydrogen-bond acceptors (Lipinski definition) is 3. The van der Waals surface area contributed by atoms with Crippen LogP contribution in [0.2, 0.25) is 0 Å². The average molecular weight is 210 g/mol. The van der Waals surface area contributed by atoms with E-state index in [2.05, 4.69) is 5.32 Å². The van der Waals surface area contributed by atoms with Gasteiger partial charge in [-0.2, -0.15) is 0 Å². The summed E-state index contributed by atoms with van der Waals surface area (Å²) in [6.45, 7) is 4.81. The van der Waals surface area contributed by atoms with Gasteiger partial charge < -0.3 is 15.0 Å². The molecule has 0 radical (unpaired) electrons. The Bertz CT molecular complexity index is 251. The third-order valence-corrected chi connectivity index (χ3v) is 3.91. The molecule has 3 saturated heterocycles. The first kappa shape index (κ1) is 9.60. The van der Waals surface area contributed by atoms with Crippen LogP contribution in [0.4, 0.5) is 0 Å². The Morgan fingerprint density at radius 2 is 2.00 bits per heavy atom. The molecular formula is C11H18N2O2. The first-order chi connectivity index (χ1) is 7.34. The number of amides is 1. The van der Waals surface area contributed by atoms with Crippen molar-refractivity contribution in [1.29, 1.82) is 0 Å². The van der Waals surface area contributed by atoms with Crippen molar-refractivity contribution < 1.29 is 9.53 Å². The Kier molecular flexibility index (Phi) is 2.41. The fraction of sp³-hybridized carbons (Fsp3) is 0.909. The van der Waals surface area contributed by atoms with Gasteiger partial charge in [0.2, 0.25) is 0 Å². The number of nitrogens with zero attached hydrogens (tertiary/aromatic N) is 1. The SMILES string of the molecule is O=C(C1CCCO1)N1C[C@H]2CNC[C@H]2C1. The molecule has 1 N–H and O–H groups in total. The number of ether oxygens (including phenoxy) is 1. The highest BCUT2D eigenvalue weighted by atomic mass is 16.5. The van der Waals surface area contributed by atoms with Crippen LogP contribution in [0.5, 0.6) is 0 Å². The maximum atomic E-state index is 12.1. The lowest BCUT2D eigenvalue weighted by atomic mass is 10.0. The predicted octanol–water partition coefficient (Wildman–Crippen LogP) is -0.157. The molecule has 3 fully saturated rings. The summed E-state index contributed by atoms with van der Waals surface area (Å²) in [7, 11) is 0. The zero-order valence-electron chi connectivity index (χ0n) is 8.95. The van der Waals surface area contributed by atoms with Crippen LogP contribution in [0, 0.1) is 11.8 Å². The maximum absolute atomic E-state index is 12.1. The van der Waals surface area contributed by atoms with Gasteiger partial charge in [0.25, 0.3) is 5.91 Å². The van der Waals surface area contributed by atoms with Gasteiger partial charge in [0.15, 0.2) is 0 Å². The van der Waals surface area contributed by atoms with Gasteiger partial charge in [0.05, 0.1) is 0 Å². The van der Waals surface area contributed by atoms with Crippen molar-refractivity contribution in [3.05, 3.63) is 0 Å². The molecule has 0 aromatic heterocycles. The summed E-state index contributed by atoms with van der Waals surface area (Å²) >= 11 is 0. The summed E-state index contributed by atoms with van der Waals surface area (Å²) in [5.74, 6) is 1.62. The zero-order valence-corrected chi connectivity index (χ0v) is 8.95. The summed E-state index contributed by atoms with van der Waals surface area (Å²) in [6.07, 6.45) is 1.83. The minimum absolute atomic E-state index is 0.128. The molecule has 0 aliphatic carbocycles. The van der Waals surface area contributed by atoms with Crippen molar-refractivity contribution in [3.8, 4) is 0 Å². The Morgan fingerprint density at radius 1 is 1.27 bits per heavy atom. The third-order valence-electron chi connectivity index (χ3n) is 3.91. The van der Waals surface area contributed by atoms with Crippen LogP contribution in [0.25, 0.3) is 0 Å². The van der Waals surface area contributed by atoms with E-state index in [0.29, 0.717) is 11.8 Å². The summed E-state index contributed by atoms with van der Waals surface area (Å²) in [4.78, 5) is 14.1. The smallest absolute Gasteiger partial charge is 0.251 e. The lowest BCUT2D eigenvalue weighted by molar-refractivity contribution is -0.140. The molecular weight excluding hydrogens is 192 g/mol. The Morgan fingerprint density at radius 3 is 2.60 bits per heavy atom. The van der Waals surface area contributed by atoms with Crippen molar-refractivity contribution in [1.82, 2.24) is 10.2 Å². The highest BCUT2D eigenvalue weighted by molar-refractivity contribution is 5.81. The number of likely N-dealkylation sites (tertiary alicyclic amines) is 1. The fourth-order valence-electron chi connectivity index (χ4n) is 3.01. The highest BCUT2D eigenvalue weighted by Crippen LogP contribution is 2.28. The van der Waals surface area contributed by atoms with Crippen molar-refractivity contribution >= 4 is 5.91 Å². The van der Waals surface area contributed by atoms with Crippen LogP contribution in [0.1, 0.15) is 12.8 Å². The maximum Gasteiger partial charge on any atom is 0.251 e. The summed E-state index contributed by atoms with van der Waals surface area (Å²) in [5.41, 5.74) is 0. The Hall–Kier alpha value is -0.610. The van der Waals surface area contributed by atoms with Crippen molar-refractivity contribution in [2.24, 2.45) is 11.8 Å². The lowest BCUT2D eigenvalue weighted by Crippen LogP contribution is -2.38.